The number of imidazole rings is 1. The lowest BCUT2D eigenvalue weighted by Crippen LogP contribution is -2.33. The van der Waals surface area contributed by atoms with Crippen LogP contribution in [0.4, 0.5) is 0 Å². The van der Waals surface area contributed by atoms with Crippen molar-refractivity contribution in [3.8, 4) is 17.0 Å². The Morgan fingerprint density at radius 3 is 2.56 bits per heavy atom. The molecule has 6 N–H and O–H groups in total. The van der Waals surface area contributed by atoms with Crippen LogP contribution >= 0.6 is 23.2 Å². The third kappa shape index (κ3) is 6.15. The fraction of sp³-hybridized carbons (Fsp3) is 0.138. The predicted molar refractivity (Wildman–Crippen MR) is 153 cm³/mol. The van der Waals surface area contributed by atoms with Crippen molar-refractivity contribution in [2.24, 2.45) is 5.73 Å². The van der Waals surface area contributed by atoms with Crippen LogP contribution in [0.15, 0.2) is 83.7 Å². The summed E-state index contributed by atoms with van der Waals surface area (Å²) in [4.78, 5) is 35.3. The van der Waals surface area contributed by atoms with Gasteiger partial charge in [-0.25, -0.2) is 4.98 Å². The van der Waals surface area contributed by atoms with Crippen molar-refractivity contribution >= 4 is 40.0 Å². The van der Waals surface area contributed by atoms with Crippen LogP contribution in [0.5, 0.6) is 5.75 Å². The number of aromatic hydroxyl groups is 1. The van der Waals surface area contributed by atoms with Gasteiger partial charge in [-0.1, -0.05) is 71.7 Å². The van der Waals surface area contributed by atoms with E-state index in [1.54, 1.807) is 36.4 Å². The molecule has 5 rings (SSSR count). The lowest BCUT2D eigenvalue weighted by Gasteiger charge is -2.19. The van der Waals surface area contributed by atoms with Crippen LogP contribution in [0.3, 0.4) is 0 Å². The van der Waals surface area contributed by atoms with E-state index in [1.165, 1.54) is 0 Å². The molecule has 0 spiro atoms. The molecular weight excluding hydrogens is 537 g/mol. The first kappa shape index (κ1) is 26.5. The molecule has 0 saturated carbocycles. The molecule has 2 atom stereocenters. The fourth-order valence-corrected chi connectivity index (χ4v) is 4.93. The van der Waals surface area contributed by atoms with E-state index < -0.39 is 17.6 Å². The predicted octanol–water partition coefficient (Wildman–Crippen LogP) is 5.42. The third-order valence-corrected chi connectivity index (χ3v) is 6.91. The van der Waals surface area contributed by atoms with E-state index in [1.807, 2.05) is 36.4 Å². The number of amides is 1. The molecule has 0 aliphatic carbocycles. The molecule has 0 fully saturated rings. The molecule has 5 aromatic rings. The first-order valence-corrected chi connectivity index (χ1v) is 13.0. The van der Waals surface area contributed by atoms with Gasteiger partial charge in [0.2, 0.25) is 5.91 Å². The van der Waals surface area contributed by atoms with Gasteiger partial charge in [0, 0.05) is 34.5 Å². The lowest BCUT2D eigenvalue weighted by molar-refractivity contribution is -0.122. The number of hydrogen-bond donors (Lipinski definition) is 5. The van der Waals surface area contributed by atoms with Crippen LogP contribution in [0, 0.1) is 0 Å². The minimum absolute atomic E-state index is 0.0507. The second-order valence-corrected chi connectivity index (χ2v) is 10.1. The van der Waals surface area contributed by atoms with Gasteiger partial charge in [-0.15, -0.1) is 0 Å². The Morgan fingerprint density at radius 2 is 1.79 bits per heavy atom. The van der Waals surface area contributed by atoms with Crippen LogP contribution in [-0.4, -0.2) is 26.0 Å². The molecule has 0 saturated heterocycles. The average molecular weight is 562 g/mol. The summed E-state index contributed by atoms with van der Waals surface area (Å²) >= 11 is 12.7. The largest absolute Gasteiger partial charge is 0.507 e. The minimum atomic E-state index is -0.534. The molecule has 10 heteroatoms. The van der Waals surface area contributed by atoms with Crippen LogP contribution in [0.1, 0.15) is 35.5 Å². The third-order valence-electron chi connectivity index (χ3n) is 6.40. The number of carbonyl (C=O) groups excluding carboxylic acids is 1. The summed E-state index contributed by atoms with van der Waals surface area (Å²) in [7, 11) is 0. The molecule has 3 aromatic carbocycles. The number of halogens is 2. The van der Waals surface area contributed by atoms with Gasteiger partial charge in [-0.2, -0.15) is 0 Å². The van der Waals surface area contributed by atoms with E-state index in [0.717, 1.165) is 17.2 Å². The van der Waals surface area contributed by atoms with Gasteiger partial charge < -0.3 is 26.1 Å². The Hall–Kier alpha value is -4.11. The first-order chi connectivity index (χ1) is 18.8. The number of pyridine rings is 1. The molecule has 1 unspecified atom stereocenters. The van der Waals surface area contributed by atoms with E-state index >= 15 is 0 Å². The highest BCUT2D eigenvalue weighted by atomic mass is 35.5. The summed E-state index contributed by atoms with van der Waals surface area (Å²) in [5.41, 5.74) is 9.22. The van der Waals surface area contributed by atoms with Crippen LogP contribution in [0.2, 0.25) is 10.2 Å². The number of rotatable bonds is 8. The summed E-state index contributed by atoms with van der Waals surface area (Å²) in [6.45, 7) is 0. The highest BCUT2D eigenvalue weighted by molar-refractivity contribution is 6.32. The maximum atomic E-state index is 13.1. The highest BCUT2D eigenvalue weighted by Gasteiger charge is 2.23. The van der Waals surface area contributed by atoms with Crippen molar-refractivity contribution in [1.82, 2.24) is 20.3 Å². The summed E-state index contributed by atoms with van der Waals surface area (Å²) in [5, 5.41) is 14.6. The van der Waals surface area contributed by atoms with E-state index in [2.05, 4.69) is 15.3 Å². The highest BCUT2D eigenvalue weighted by Crippen LogP contribution is 2.32. The fourth-order valence-electron chi connectivity index (χ4n) is 4.48. The average Bonchev–Trinajstić information content (AvgIpc) is 3.30. The van der Waals surface area contributed by atoms with Crippen molar-refractivity contribution < 1.29 is 9.90 Å². The van der Waals surface area contributed by atoms with Gasteiger partial charge in [0.1, 0.15) is 22.4 Å². The van der Waals surface area contributed by atoms with Crippen LogP contribution in [-0.2, 0) is 11.2 Å². The quantitative estimate of drug-likeness (QED) is 0.172. The summed E-state index contributed by atoms with van der Waals surface area (Å²) in [5.74, 6) is 0.0686. The first-order valence-electron chi connectivity index (χ1n) is 12.2. The number of H-pyrrole nitrogens is 2. The van der Waals surface area contributed by atoms with Crippen molar-refractivity contribution in [2.45, 2.75) is 24.9 Å². The molecule has 0 aliphatic heterocycles. The van der Waals surface area contributed by atoms with Crippen LogP contribution in [0.25, 0.3) is 22.2 Å². The van der Waals surface area contributed by atoms with E-state index in [0.29, 0.717) is 39.4 Å². The topological polar surface area (TPSA) is 137 Å². The van der Waals surface area contributed by atoms with Crippen molar-refractivity contribution in [3.05, 3.63) is 116 Å². The number of nitrogens with two attached hydrogens (primary N) is 1. The smallest absolute Gasteiger partial charge is 0.252 e. The van der Waals surface area contributed by atoms with Gasteiger partial charge in [-0.3, -0.25) is 9.59 Å². The second-order valence-electron chi connectivity index (χ2n) is 9.24. The zero-order valence-electron chi connectivity index (χ0n) is 20.6. The summed E-state index contributed by atoms with van der Waals surface area (Å²) in [6.07, 6.45) is 0.511. The van der Waals surface area contributed by atoms with Crippen molar-refractivity contribution in [3.63, 3.8) is 0 Å². The number of carbonyl (C=O) groups is 1. The van der Waals surface area contributed by atoms with E-state index in [4.69, 9.17) is 33.9 Å². The molecule has 0 radical (unpaired) electrons. The molecule has 0 aliphatic rings. The zero-order chi connectivity index (χ0) is 27.5. The number of aromatic amines is 2. The van der Waals surface area contributed by atoms with E-state index in [-0.39, 0.29) is 23.2 Å². The molecule has 198 valence electrons. The van der Waals surface area contributed by atoms with Gasteiger partial charge in [0.15, 0.2) is 0 Å². The summed E-state index contributed by atoms with van der Waals surface area (Å²) < 4.78 is 0. The molecule has 8 nitrogen and oxygen atoms in total. The number of benzene rings is 3. The normalized spacial score (nSPS) is 12.8. The second kappa shape index (κ2) is 11.3. The molecule has 0 bridgehead atoms. The molecule has 2 heterocycles. The van der Waals surface area contributed by atoms with Crippen molar-refractivity contribution in [2.75, 3.05) is 0 Å². The van der Waals surface area contributed by atoms with Gasteiger partial charge in [0.05, 0.1) is 11.6 Å². The Bertz CT molecular complexity index is 1700. The van der Waals surface area contributed by atoms with E-state index in [9.17, 15) is 14.7 Å². The number of nitrogens with zero attached hydrogens (tertiary/aromatic N) is 1. The standard InChI is InChI=1S/C29H25Cl2N5O3/c30-19-8-4-7-17(12-19)21(32)14-25(38)34-23(11-16-5-2-1-3-6-16)29-35-27(28(31)36-29)18-9-10-22-20(13-18)24(37)15-26(39)33-22/h1-10,12-13,15,21,23H,11,14,32H2,(H,34,38)(H,35,36)(H2,33,37,39)/t21?,23-/m0/s1. The Kier molecular flexibility index (Phi) is 7.70. The Balaban J connectivity index is 1.43. The summed E-state index contributed by atoms with van der Waals surface area (Å²) in [6, 6.07) is 22.0. The molecule has 1 amide bonds. The van der Waals surface area contributed by atoms with Gasteiger partial charge >= 0.3 is 0 Å². The monoisotopic (exact) mass is 561 g/mol. The maximum absolute atomic E-state index is 13.1. The zero-order valence-corrected chi connectivity index (χ0v) is 22.1. The van der Waals surface area contributed by atoms with Crippen LogP contribution < -0.4 is 16.6 Å². The van der Waals surface area contributed by atoms with Gasteiger partial charge in [0.25, 0.3) is 5.56 Å². The minimum Gasteiger partial charge on any atom is -0.507 e. The molecule has 2 aromatic heterocycles. The lowest BCUT2D eigenvalue weighted by atomic mass is 10.0. The molecule has 39 heavy (non-hydrogen) atoms. The number of aromatic nitrogens is 3. The van der Waals surface area contributed by atoms with Crippen molar-refractivity contribution in [1.29, 1.82) is 0 Å². The number of hydrogen-bond acceptors (Lipinski definition) is 5. The SMILES string of the molecule is NC(CC(=O)N[C@@H](Cc1ccccc1)c1nc(-c2ccc3[nH]c(=O)cc(O)c3c2)c(Cl)[nH]1)c1cccc(Cl)c1. The number of nitrogens with one attached hydrogen (secondary N) is 3. The maximum Gasteiger partial charge on any atom is 0.252 e. The molecular formula is C29H25Cl2N5O3. The van der Waals surface area contributed by atoms with Gasteiger partial charge in [-0.05, 0) is 41.8 Å². The Labute approximate surface area is 233 Å². The number of fused-ring (bicyclic) bond motifs is 1. The Morgan fingerprint density at radius 1 is 1.00 bits per heavy atom.